The number of H-pyrrole nitrogens is 1. The molecule has 3 aromatic heterocycles. The van der Waals surface area contributed by atoms with E-state index in [9.17, 15) is 4.79 Å². The number of anilines is 2. The number of para-hydroxylation sites is 1. The van der Waals surface area contributed by atoms with Crippen LogP contribution >= 0.6 is 11.3 Å². The van der Waals surface area contributed by atoms with E-state index in [0.29, 0.717) is 17.4 Å². The third kappa shape index (κ3) is 3.71. The quantitative estimate of drug-likeness (QED) is 0.497. The molecule has 1 atom stereocenters. The second-order valence-corrected chi connectivity index (χ2v) is 8.06. The third-order valence-electron chi connectivity index (χ3n) is 5.28. The first kappa shape index (κ1) is 18.6. The first-order chi connectivity index (χ1) is 14.8. The number of rotatable bonds is 6. The number of carbonyl (C=O) groups is 1. The molecule has 1 amide bonds. The largest absolute Gasteiger partial charge is 0.363 e. The smallest absolute Gasteiger partial charge is 0.274 e. The summed E-state index contributed by atoms with van der Waals surface area (Å²) in [6, 6.07) is 14.3. The van der Waals surface area contributed by atoms with Gasteiger partial charge in [0.1, 0.15) is 11.4 Å². The van der Waals surface area contributed by atoms with E-state index in [1.54, 1.807) is 12.3 Å². The molecule has 0 spiro atoms. The fourth-order valence-corrected chi connectivity index (χ4v) is 4.65. The highest BCUT2D eigenvalue weighted by Gasteiger charge is 2.28. The molecule has 1 unspecified atom stereocenters. The van der Waals surface area contributed by atoms with Gasteiger partial charge in [0.25, 0.3) is 5.91 Å². The lowest BCUT2D eigenvalue weighted by Gasteiger charge is -2.25. The minimum atomic E-state index is -0.185. The number of nitrogens with zero attached hydrogens (tertiary/aromatic N) is 5. The number of nitrogens with one attached hydrogen (secondary N) is 2. The summed E-state index contributed by atoms with van der Waals surface area (Å²) < 4.78 is 1.84. The zero-order valence-electron chi connectivity index (χ0n) is 16.2. The van der Waals surface area contributed by atoms with Crippen molar-refractivity contribution in [2.75, 3.05) is 16.8 Å². The number of thiazole rings is 1. The second kappa shape index (κ2) is 8.11. The van der Waals surface area contributed by atoms with Crippen molar-refractivity contribution in [2.45, 2.75) is 25.4 Å². The van der Waals surface area contributed by atoms with Crippen LogP contribution in [0.5, 0.6) is 0 Å². The number of benzene rings is 1. The van der Waals surface area contributed by atoms with E-state index < -0.39 is 0 Å². The molecule has 9 heteroatoms. The lowest BCUT2D eigenvalue weighted by Crippen LogP contribution is -2.22. The van der Waals surface area contributed by atoms with Gasteiger partial charge in [-0.15, -0.1) is 11.3 Å². The number of hydrogen-bond acceptors (Lipinski definition) is 6. The Morgan fingerprint density at radius 1 is 1.23 bits per heavy atom. The van der Waals surface area contributed by atoms with Crippen LogP contribution in [0.4, 0.5) is 10.8 Å². The number of carbonyl (C=O) groups excluding carboxylic acids is 1. The molecule has 0 saturated carbocycles. The summed E-state index contributed by atoms with van der Waals surface area (Å²) in [5.41, 5.74) is 3.54. The van der Waals surface area contributed by atoms with Crippen LogP contribution in [0.2, 0.25) is 0 Å². The van der Waals surface area contributed by atoms with Gasteiger partial charge in [0.05, 0.1) is 24.5 Å². The lowest BCUT2D eigenvalue weighted by atomic mass is 10.1. The molecule has 0 radical (unpaired) electrons. The molecule has 30 heavy (non-hydrogen) atoms. The molecular formula is C21H21N7OS. The zero-order chi connectivity index (χ0) is 20.3. The van der Waals surface area contributed by atoms with E-state index in [1.165, 1.54) is 17.0 Å². The van der Waals surface area contributed by atoms with Crippen molar-refractivity contribution < 1.29 is 4.79 Å². The monoisotopic (exact) mass is 419 g/mol. The predicted octanol–water partition coefficient (Wildman–Crippen LogP) is 3.70. The van der Waals surface area contributed by atoms with Crippen LogP contribution in [0, 0.1) is 0 Å². The van der Waals surface area contributed by atoms with E-state index in [-0.39, 0.29) is 11.9 Å². The second-order valence-electron chi connectivity index (χ2n) is 7.20. The molecule has 1 aromatic carbocycles. The van der Waals surface area contributed by atoms with Gasteiger partial charge in [-0.05, 0) is 37.1 Å². The average molecular weight is 420 g/mol. The van der Waals surface area contributed by atoms with Gasteiger partial charge < -0.3 is 9.47 Å². The molecule has 152 valence electrons. The van der Waals surface area contributed by atoms with Gasteiger partial charge in [0.15, 0.2) is 5.13 Å². The summed E-state index contributed by atoms with van der Waals surface area (Å²) in [6.45, 7) is 1.49. The Hall–Kier alpha value is -3.46. The van der Waals surface area contributed by atoms with Gasteiger partial charge in [0.2, 0.25) is 0 Å². The molecule has 4 heterocycles. The van der Waals surface area contributed by atoms with Gasteiger partial charge in [-0.2, -0.15) is 15.4 Å². The fraction of sp³-hybridized carbons (Fsp3) is 0.238. The Labute approximate surface area is 177 Å². The molecule has 8 nitrogen and oxygen atoms in total. The maximum absolute atomic E-state index is 12.8. The van der Waals surface area contributed by atoms with Crippen LogP contribution in [0.3, 0.4) is 0 Å². The van der Waals surface area contributed by atoms with Crippen molar-refractivity contribution in [1.29, 1.82) is 0 Å². The Kier molecular flexibility index (Phi) is 5.02. The summed E-state index contributed by atoms with van der Waals surface area (Å²) in [7, 11) is 0. The summed E-state index contributed by atoms with van der Waals surface area (Å²) in [5.74, 6) is -0.185. The zero-order valence-corrected chi connectivity index (χ0v) is 17.0. The van der Waals surface area contributed by atoms with Crippen molar-refractivity contribution in [3.8, 4) is 0 Å². The SMILES string of the molecule is O=C(Nc1nc(C2CCCN2c2ccccc2)cs1)c1cccn1Cc1cn[nH]n1. The van der Waals surface area contributed by atoms with Crippen LogP contribution < -0.4 is 10.2 Å². The molecule has 1 aliphatic rings. The highest BCUT2D eigenvalue weighted by atomic mass is 32.1. The highest BCUT2D eigenvalue weighted by molar-refractivity contribution is 7.14. The van der Waals surface area contributed by atoms with Crippen LogP contribution in [0.1, 0.15) is 40.8 Å². The number of aromatic amines is 1. The number of amides is 1. The van der Waals surface area contributed by atoms with Crippen molar-refractivity contribution in [1.82, 2.24) is 25.0 Å². The first-order valence-corrected chi connectivity index (χ1v) is 10.7. The molecule has 1 fully saturated rings. The molecule has 0 bridgehead atoms. The molecule has 2 N–H and O–H groups in total. The van der Waals surface area contributed by atoms with Crippen molar-refractivity contribution >= 4 is 28.1 Å². The van der Waals surface area contributed by atoms with Gasteiger partial charge >= 0.3 is 0 Å². The van der Waals surface area contributed by atoms with Crippen LogP contribution in [0.15, 0.2) is 60.2 Å². The summed E-state index contributed by atoms with van der Waals surface area (Å²) >= 11 is 1.46. The first-order valence-electron chi connectivity index (χ1n) is 9.86. The summed E-state index contributed by atoms with van der Waals surface area (Å²) in [6.07, 6.45) is 5.70. The maximum Gasteiger partial charge on any atom is 0.274 e. The van der Waals surface area contributed by atoms with E-state index >= 15 is 0 Å². The Morgan fingerprint density at radius 2 is 2.13 bits per heavy atom. The molecule has 5 rings (SSSR count). The lowest BCUT2D eigenvalue weighted by molar-refractivity contribution is 0.101. The molecule has 0 aliphatic carbocycles. The summed E-state index contributed by atoms with van der Waals surface area (Å²) in [4.78, 5) is 19.9. The standard InChI is InChI=1S/C21H21N7OS/c29-20(19-9-4-10-27(19)13-15-12-22-26-25-15)24-21-23-17(14-30-21)18-8-5-11-28(18)16-6-2-1-3-7-16/h1-4,6-7,9-10,12,14,18H,5,8,11,13H2,(H,22,25,26)(H,23,24,29). The minimum Gasteiger partial charge on any atom is -0.363 e. The van der Waals surface area contributed by atoms with Crippen molar-refractivity contribution in [3.05, 3.63) is 77.3 Å². The maximum atomic E-state index is 12.8. The third-order valence-corrected chi connectivity index (χ3v) is 6.06. The Balaban J connectivity index is 1.30. The van der Waals surface area contributed by atoms with E-state index in [0.717, 1.165) is 30.8 Å². The topological polar surface area (TPSA) is 91.7 Å². The highest BCUT2D eigenvalue weighted by Crippen LogP contribution is 2.37. The van der Waals surface area contributed by atoms with Crippen LogP contribution in [-0.4, -0.2) is 37.4 Å². The van der Waals surface area contributed by atoms with Gasteiger partial charge in [-0.3, -0.25) is 10.1 Å². The van der Waals surface area contributed by atoms with E-state index in [1.807, 2.05) is 22.9 Å². The van der Waals surface area contributed by atoms with Crippen molar-refractivity contribution in [2.24, 2.45) is 0 Å². The molecular weight excluding hydrogens is 398 g/mol. The normalized spacial score (nSPS) is 16.1. The van der Waals surface area contributed by atoms with Gasteiger partial charge in [-0.1, -0.05) is 18.2 Å². The molecule has 4 aromatic rings. The minimum absolute atomic E-state index is 0.185. The Bertz CT molecular complexity index is 1120. The molecule has 1 saturated heterocycles. The molecule has 1 aliphatic heterocycles. The van der Waals surface area contributed by atoms with Crippen LogP contribution in [0.25, 0.3) is 0 Å². The fourth-order valence-electron chi connectivity index (χ4n) is 3.89. The van der Waals surface area contributed by atoms with Crippen molar-refractivity contribution in [3.63, 3.8) is 0 Å². The van der Waals surface area contributed by atoms with Gasteiger partial charge in [0, 0.05) is 23.8 Å². The number of aromatic nitrogens is 5. The van der Waals surface area contributed by atoms with Crippen LogP contribution in [-0.2, 0) is 6.54 Å². The Morgan fingerprint density at radius 3 is 2.97 bits per heavy atom. The summed E-state index contributed by atoms with van der Waals surface area (Å²) in [5, 5.41) is 16.1. The van der Waals surface area contributed by atoms with E-state index in [2.05, 4.69) is 55.3 Å². The van der Waals surface area contributed by atoms with E-state index in [4.69, 9.17) is 4.98 Å². The van der Waals surface area contributed by atoms with Gasteiger partial charge in [-0.25, -0.2) is 4.98 Å². The number of hydrogen-bond donors (Lipinski definition) is 2. The predicted molar refractivity (Wildman–Crippen MR) is 116 cm³/mol. The average Bonchev–Trinajstić information content (AvgIpc) is 3.56.